The molecule has 2 heterocycles. The number of hydrogen-bond acceptors (Lipinski definition) is 4. The van der Waals surface area contributed by atoms with Gasteiger partial charge in [0.2, 0.25) is 0 Å². The minimum atomic E-state index is -0.0420. The molecule has 0 aromatic carbocycles. The number of nitrogens with zero attached hydrogens (tertiary/aromatic N) is 3. The van der Waals surface area contributed by atoms with Crippen molar-refractivity contribution < 1.29 is 9.53 Å². The van der Waals surface area contributed by atoms with Gasteiger partial charge in [0, 0.05) is 19.3 Å². The zero-order chi connectivity index (χ0) is 15.2. The van der Waals surface area contributed by atoms with Crippen molar-refractivity contribution in [3.8, 4) is 0 Å². The second-order valence-electron chi connectivity index (χ2n) is 6.11. The number of aromatic nitrogens is 2. The molecule has 1 aromatic heterocycles. The summed E-state index contributed by atoms with van der Waals surface area (Å²) in [4.78, 5) is 22.6. The molecule has 1 aliphatic heterocycles. The zero-order valence-corrected chi connectivity index (χ0v) is 13.2. The van der Waals surface area contributed by atoms with Gasteiger partial charge in [0.25, 0.3) is 5.91 Å². The molecule has 1 atom stereocenters. The van der Waals surface area contributed by atoms with Crippen LogP contribution in [0.2, 0.25) is 0 Å². The first-order valence-corrected chi connectivity index (χ1v) is 7.75. The van der Waals surface area contributed by atoms with Crippen molar-refractivity contribution in [1.29, 1.82) is 0 Å². The lowest BCUT2D eigenvalue weighted by Gasteiger charge is -2.33. The molecular formula is C16H25N3O2. The van der Waals surface area contributed by atoms with Crippen LogP contribution in [0.4, 0.5) is 0 Å². The zero-order valence-electron chi connectivity index (χ0n) is 13.2. The van der Waals surface area contributed by atoms with Gasteiger partial charge in [-0.05, 0) is 19.3 Å². The van der Waals surface area contributed by atoms with Gasteiger partial charge >= 0.3 is 0 Å². The van der Waals surface area contributed by atoms with Gasteiger partial charge < -0.3 is 9.64 Å². The third-order valence-corrected chi connectivity index (χ3v) is 3.73. The maximum absolute atomic E-state index is 12.4. The molecule has 0 bridgehead atoms. The van der Waals surface area contributed by atoms with Crippen molar-refractivity contribution in [3.05, 3.63) is 23.8 Å². The van der Waals surface area contributed by atoms with Crippen LogP contribution in [0.15, 0.2) is 12.4 Å². The van der Waals surface area contributed by atoms with E-state index in [1.807, 2.05) is 11.8 Å². The molecule has 1 amide bonds. The van der Waals surface area contributed by atoms with E-state index in [-0.39, 0.29) is 12.0 Å². The summed E-state index contributed by atoms with van der Waals surface area (Å²) in [6, 6.07) is 0. The maximum Gasteiger partial charge on any atom is 0.274 e. The van der Waals surface area contributed by atoms with Gasteiger partial charge in [-0.2, -0.15) is 0 Å². The average molecular weight is 291 g/mol. The molecule has 1 aromatic rings. The van der Waals surface area contributed by atoms with Crippen LogP contribution in [0.3, 0.4) is 0 Å². The predicted molar refractivity (Wildman–Crippen MR) is 81.1 cm³/mol. The molecule has 5 heteroatoms. The van der Waals surface area contributed by atoms with Crippen LogP contribution in [-0.2, 0) is 4.74 Å². The SMILES string of the molecule is Cc1cnc(C(=O)N2CCOC(CCCC(C)C)C2)cn1. The van der Waals surface area contributed by atoms with E-state index < -0.39 is 0 Å². The Labute approximate surface area is 126 Å². The fourth-order valence-corrected chi connectivity index (χ4v) is 2.50. The molecular weight excluding hydrogens is 266 g/mol. The van der Waals surface area contributed by atoms with Gasteiger partial charge in [-0.15, -0.1) is 0 Å². The summed E-state index contributed by atoms with van der Waals surface area (Å²) in [7, 11) is 0. The lowest BCUT2D eigenvalue weighted by molar-refractivity contribution is -0.0262. The minimum Gasteiger partial charge on any atom is -0.375 e. The summed E-state index contributed by atoms with van der Waals surface area (Å²) in [5, 5.41) is 0. The standard InChI is InChI=1S/C16H25N3O2/c1-12(2)5-4-6-14-11-19(7-8-21-14)16(20)15-10-17-13(3)9-18-15/h9-10,12,14H,4-8,11H2,1-3H3. The molecule has 1 saturated heterocycles. The van der Waals surface area contributed by atoms with Gasteiger partial charge in [-0.3, -0.25) is 9.78 Å². The molecule has 0 radical (unpaired) electrons. The van der Waals surface area contributed by atoms with Gasteiger partial charge in [0.15, 0.2) is 0 Å². The van der Waals surface area contributed by atoms with Crippen LogP contribution in [-0.4, -0.2) is 46.6 Å². The number of morpholine rings is 1. The fourth-order valence-electron chi connectivity index (χ4n) is 2.50. The van der Waals surface area contributed by atoms with Crippen LogP contribution in [0, 0.1) is 12.8 Å². The predicted octanol–water partition coefficient (Wildman–Crippen LogP) is 2.45. The van der Waals surface area contributed by atoms with E-state index in [1.165, 1.54) is 6.42 Å². The van der Waals surface area contributed by atoms with Crippen LogP contribution >= 0.6 is 0 Å². The molecule has 21 heavy (non-hydrogen) atoms. The highest BCUT2D eigenvalue weighted by atomic mass is 16.5. The number of ether oxygens (including phenoxy) is 1. The fraction of sp³-hybridized carbons (Fsp3) is 0.688. The molecule has 2 rings (SSSR count). The van der Waals surface area contributed by atoms with Gasteiger partial charge in [-0.1, -0.05) is 26.7 Å². The Hall–Kier alpha value is -1.49. The van der Waals surface area contributed by atoms with E-state index in [9.17, 15) is 4.79 Å². The van der Waals surface area contributed by atoms with Gasteiger partial charge in [0.05, 0.1) is 24.6 Å². The summed E-state index contributed by atoms with van der Waals surface area (Å²) in [6.07, 6.45) is 6.71. The first kappa shape index (κ1) is 15.9. The second-order valence-corrected chi connectivity index (χ2v) is 6.11. The van der Waals surface area contributed by atoms with Crippen molar-refractivity contribution in [2.45, 2.75) is 46.1 Å². The Morgan fingerprint density at radius 2 is 2.24 bits per heavy atom. The minimum absolute atomic E-state index is 0.0420. The summed E-state index contributed by atoms with van der Waals surface area (Å²) >= 11 is 0. The third kappa shape index (κ3) is 4.77. The molecule has 1 unspecified atom stereocenters. The highest BCUT2D eigenvalue weighted by Gasteiger charge is 2.25. The number of aryl methyl sites for hydroxylation is 1. The summed E-state index contributed by atoms with van der Waals surface area (Å²) in [5.41, 5.74) is 1.24. The number of carbonyl (C=O) groups excluding carboxylic acids is 1. The monoisotopic (exact) mass is 291 g/mol. The largest absolute Gasteiger partial charge is 0.375 e. The average Bonchev–Trinajstić information content (AvgIpc) is 2.47. The third-order valence-electron chi connectivity index (χ3n) is 3.73. The Morgan fingerprint density at radius 3 is 2.90 bits per heavy atom. The van der Waals surface area contributed by atoms with E-state index >= 15 is 0 Å². The topological polar surface area (TPSA) is 55.3 Å². The maximum atomic E-state index is 12.4. The number of carbonyl (C=O) groups is 1. The van der Waals surface area contributed by atoms with Gasteiger partial charge in [0.1, 0.15) is 5.69 Å². The van der Waals surface area contributed by atoms with Crippen LogP contribution in [0.5, 0.6) is 0 Å². The first-order chi connectivity index (χ1) is 10.1. The Bertz CT molecular complexity index is 459. The Morgan fingerprint density at radius 1 is 1.43 bits per heavy atom. The summed E-state index contributed by atoms with van der Waals surface area (Å²) in [6.45, 7) is 8.22. The van der Waals surface area contributed by atoms with Crippen molar-refractivity contribution in [2.75, 3.05) is 19.7 Å². The van der Waals surface area contributed by atoms with E-state index in [0.717, 1.165) is 18.5 Å². The van der Waals surface area contributed by atoms with E-state index in [1.54, 1.807) is 12.4 Å². The smallest absolute Gasteiger partial charge is 0.274 e. The molecule has 1 fully saturated rings. The molecule has 116 valence electrons. The van der Waals surface area contributed by atoms with Crippen molar-refractivity contribution in [2.24, 2.45) is 5.92 Å². The Balaban J connectivity index is 1.88. The second kappa shape index (κ2) is 7.50. The molecule has 0 saturated carbocycles. The van der Waals surface area contributed by atoms with E-state index in [4.69, 9.17) is 4.74 Å². The van der Waals surface area contributed by atoms with Crippen molar-refractivity contribution >= 4 is 5.91 Å². The number of rotatable bonds is 5. The van der Waals surface area contributed by atoms with Crippen LogP contribution < -0.4 is 0 Å². The Kier molecular flexibility index (Phi) is 5.67. The molecule has 1 aliphatic rings. The quantitative estimate of drug-likeness (QED) is 0.836. The lowest BCUT2D eigenvalue weighted by Crippen LogP contribution is -2.45. The molecule has 0 aliphatic carbocycles. The number of hydrogen-bond donors (Lipinski definition) is 0. The van der Waals surface area contributed by atoms with E-state index in [0.29, 0.717) is 31.3 Å². The van der Waals surface area contributed by atoms with Crippen LogP contribution in [0.25, 0.3) is 0 Å². The summed E-state index contributed by atoms with van der Waals surface area (Å²) in [5.74, 6) is 0.675. The highest BCUT2D eigenvalue weighted by Crippen LogP contribution is 2.15. The lowest BCUT2D eigenvalue weighted by atomic mass is 10.0. The normalized spacial score (nSPS) is 19.0. The van der Waals surface area contributed by atoms with Crippen molar-refractivity contribution in [1.82, 2.24) is 14.9 Å². The van der Waals surface area contributed by atoms with Gasteiger partial charge in [-0.25, -0.2) is 4.98 Å². The summed E-state index contributed by atoms with van der Waals surface area (Å²) < 4.78 is 5.77. The van der Waals surface area contributed by atoms with Crippen molar-refractivity contribution in [3.63, 3.8) is 0 Å². The first-order valence-electron chi connectivity index (χ1n) is 7.75. The highest BCUT2D eigenvalue weighted by molar-refractivity contribution is 5.92. The van der Waals surface area contributed by atoms with Crippen LogP contribution in [0.1, 0.15) is 49.3 Å². The number of amides is 1. The molecule has 0 N–H and O–H groups in total. The van der Waals surface area contributed by atoms with E-state index in [2.05, 4.69) is 23.8 Å². The molecule has 5 nitrogen and oxygen atoms in total. The molecule has 0 spiro atoms.